The van der Waals surface area contributed by atoms with E-state index in [1.807, 2.05) is 24.3 Å². The SMILES string of the molecule is O=C(O)/C=C/C1CCN(Cc2ccccc2)C1. The number of aliphatic carboxylic acids is 1. The Morgan fingerprint density at radius 2 is 2.18 bits per heavy atom. The molecule has 1 aromatic carbocycles. The maximum Gasteiger partial charge on any atom is 0.327 e. The summed E-state index contributed by atoms with van der Waals surface area (Å²) < 4.78 is 0. The van der Waals surface area contributed by atoms with Crippen molar-refractivity contribution in [2.45, 2.75) is 13.0 Å². The van der Waals surface area contributed by atoms with Crippen LogP contribution in [0.15, 0.2) is 42.5 Å². The molecule has 0 saturated carbocycles. The fourth-order valence-electron chi connectivity index (χ4n) is 2.22. The first-order chi connectivity index (χ1) is 8.24. The number of benzene rings is 1. The summed E-state index contributed by atoms with van der Waals surface area (Å²) in [6, 6.07) is 10.4. The van der Waals surface area contributed by atoms with E-state index in [0.717, 1.165) is 26.1 Å². The van der Waals surface area contributed by atoms with Gasteiger partial charge in [-0.2, -0.15) is 0 Å². The van der Waals surface area contributed by atoms with E-state index in [4.69, 9.17) is 5.11 Å². The zero-order valence-electron chi connectivity index (χ0n) is 9.75. The minimum absolute atomic E-state index is 0.384. The zero-order chi connectivity index (χ0) is 12.1. The minimum Gasteiger partial charge on any atom is -0.478 e. The fraction of sp³-hybridized carbons (Fsp3) is 0.357. The predicted molar refractivity (Wildman–Crippen MR) is 66.6 cm³/mol. The molecule has 1 aliphatic heterocycles. The first kappa shape index (κ1) is 11.9. The number of likely N-dealkylation sites (tertiary alicyclic amines) is 1. The number of carboxylic acids is 1. The molecule has 2 rings (SSSR count). The lowest BCUT2D eigenvalue weighted by Gasteiger charge is -2.14. The van der Waals surface area contributed by atoms with E-state index in [0.29, 0.717) is 5.92 Å². The molecular formula is C14H17NO2. The van der Waals surface area contributed by atoms with E-state index in [1.165, 1.54) is 11.6 Å². The summed E-state index contributed by atoms with van der Waals surface area (Å²) in [5.41, 5.74) is 1.32. The molecule has 0 aliphatic carbocycles. The summed E-state index contributed by atoms with van der Waals surface area (Å²) in [5.74, 6) is -0.471. The van der Waals surface area contributed by atoms with E-state index < -0.39 is 5.97 Å². The van der Waals surface area contributed by atoms with Crippen LogP contribution in [0.4, 0.5) is 0 Å². The summed E-state index contributed by atoms with van der Waals surface area (Å²) >= 11 is 0. The van der Waals surface area contributed by atoms with Crippen LogP contribution in [0.25, 0.3) is 0 Å². The Hall–Kier alpha value is -1.61. The van der Waals surface area contributed by atoms with Crippen molar-refractivity contribution in [2.75, 3.05) is 13.1 Å². The maximum atomic E-state index is 10.4. The number of carboxylic acid groups (broad SMARTS) is 1. The molecule has 1 heterocycles. The number of hydrogen-bond donors (Lipinski definition) is 1. The molecule has 1 saturated heterocycles. The summed E-state index contributed by atoms with van der Waals surface area (Å²) in [7, 11) is 0. The van der Waals surface area contributed by atoms with Crippen molar-refractivity contribution >= 4 is 5.97 Å². The fourth-order valence-corrected chi connectivity index (χ4v) is 2.22. The first-order valence-electron chi connectivity index (χ1n) is 5.91. The van der Waals surface area contributed by atoms with Crippen molar-refractivity contribution in [3.8, 4) is 0 Å². The Balaban J connectivity index is 1.84. The van der Waals surface area contributed by atoms with E-state index in [-0.39, 0.29) is 0 Å². The Labute approximate surface area is 101 Å². The highest BCUT2D eigenvalue weighted by molar-refractivity contribution is 5.79. The van der Waals surface area contributed by atoms with Crippen LogP contribution < -0.4 is 0 Å². The number of nitrogens with zero attached hydrogens (tertiary/aromatic N) is 1. The second-order valence-electron chi connectivity index (χ2n) is 4.47. The van der Waals surface area contributed by atoms with Crippen molar-refractivity contribution in [2.24, 2.45) is 5.92 Å². The van der Waals surface area contributed by atoms with Crippen molar-refractivity contribution in [1.82, 2.24) is 4.90 Å². The topological polar surface area (TPSA) is 40.5 Å². The Morgan fingerprint density at radius 3 is 2.88 bits per heavy atom. The van der Waals surface area contributed by atoms with Gasteiger partial charge in [0.25, 0.3) is 0 Å². The van der Waals surface area contributed by atoms with E-state index in [1.54, 1.807) is 0 Å². The monoisotopic (exact) mass is 231 g/mol. The van der Waals surface area contributed by atoms with E-state index in [9.17, 15) is 4.79 Å². The molecule has 17 heavy (non-hydrogen) atoms. The number of rotatable bonds is 4. The van der Waals surface area contributed by atoms with Gasteiger partial charge in [0.1, 0.15) is 0 Å². The van der Waals surface area contributed by atoms with Gasteiger partial charge in [-0.05, 0) is 24.4 Å². The van der Waals surface area contributed by atoms with Crippen molar-refractivity contribution in [3.63, 3.8) is 0 Å². The van der Waals surface area contributed by atoms with E-state index in [2.05, 4.69) is 17.0 Å². The number of carbonyl (C=O) groups is 1. The molecule has 1 unspecified atom stereocenters. The van der Waals surface area contributed by atoms with Crippen molar-refractivity contribution in [3.05, 3.63) is 48.0 Å². The van der Waals surface area contributed by atoms with Gasteiger partial charge < -0.3 is 5.11 Å². The summed E-state index contributed by atoms with van der Waals surface area (Å²) in [6.07, 6.45) is 4.13. The lowest BCUT2D eigenvalue weighted by molar-refractivity contribution is -0.131. The molecule has 0 spiro atoms. The standard InChI is InChI=1S/C14H17NO2/c16-14(17)7-6-13-8-9-15(11-13)10-12-4-2-1-3-5-12/h1-7,13H,8-11H2,(H,16,17)/b7-6+. The third-order valence-corrected chi connectivity index (χ3v) is 3.07. The van der Waals surface area contributed by atoms with Crippen LogP contribution in [0, 0.1) is 5.92 Å². The normalized spacial score (nSPS) is 21.1. The van der Waals surface area contributed by atoms with Crippen LogP contribution in [-0.2, 0) is 11.3 Å². The highest BCUT2D eigenvalue weighted by atomic mass is 16.4. The second-order valence-corrected chi connectivity index (χ2v) is 4.47. The molecule has 1 aromatic rings. The van der Waals surface area contributed by atoms with Gasteiger partial charge in [0.15, 0.2) is 0 Å². The third kappa shape index (κ3) is 3.71. The maximum absolute atomic E-state index is 10.4. The minimum atomic E-state index is -0.855. The van der Waals surface area contributed by atoms with E-state index >= 15 is 0 Å². The molecule has 0 aromatic heterocycles. The highest BCUT2D eigenvalue weighted by Gasteiger charge is 2.20. The van der Waals surface area contributed by atoms with Crippen LogP contribution in [0.1, 0.15) is 12.0 Å². The van der Waals surface area contributed by atoms with Gasteiger partial charge in [0.05, 0.1) is 0 Å². The van der Waals surface area contributed by atoms with Crippen LogP contribution in [0.2, 0.25) is 0 Å². The van der Waals surface area contributed by atoms with Gasteiger partial charge >= 0.3 is 5.97 Å². The smallest absolute Gasteiger partial charge is 0.327 e. The Kier molecular flexibility index (Phi) is 3.94. The molecule has 3 heteroatoms. The Bertz CT molecular complexity index is 400. The number of hydrogen-bond acceptors (Lipinski definition) is 2. The molecular weight excluding hydrogens is 214 g/mol. The van der Waals surface area contributed by atoms with Gasteiger partial charge in [-0.3, -0.25) is 4.90 Å². The summed E-state index contributed by atoms with van der Waals surface area (Å²) in [4.78, 5) is 12.8. The molecule has 1 fully saturated rings. The van der Waals surface area contributed by atoms with Gasteiger partial charge in [0.2, 0.25) is 0 Å². The van der Waals surface area contributed by atoms with Gasteiger partial charge in [-0.25, -0.2) is 4.79 Å². The summed E-state index contributed by atoms with van der Waals surface area (Å²) in [6.45, 7) is 2.96. The average Bonchev–Trinajstić information content (AvgIpc) is 2.75. The second kappa shape index (κ2) is 5.64. The lowest BCUT2D eigenvalue weighted by atomic mass is 10.1. The molecule has 0 radical (unpaired) electrons. The first-order valence-corrected chi connectivity index (χ1v) is 5.91. The molecule has 1 aliphatic rings. The molecule has 1 atom stereocenters. The third-order valence-electron chi connectivity index (χ3n) is 3.07. The van der Waals surface area contributed by atoms with Gasteiger partial charge in [0, 0.05) is 19.2 Å². The lowest BCUT2D eigenvalue weighted by Crippen LogP contribution is -2.19. The molecule has 90 valence electrons. The van der Waals surface area contributed by atoms with Gasteiger partial charge in [-0.1, -0.05) is 36.4 Å². The van der Waals surface area contributed by atoms with Crippen LogP contribution >= 0.6 is 0 Å². The molecule has 3 nitrogen and oxygen atoms in total. The molecule has 1 N–H and O–H groups in total. The van der Waals surface area contributed by atoms with Crippen molar-refractivity contribution < 1.29 is 9.90 Å². The van der Waals surface area contributed by atoms with Gasteiger partial charge in [-0.15, -0.1) is 0 Å². The predicted octanol–water partition coefficient (Wildman–Crippen LogP) is 2.15. The van der Waals surface area contributed by atoms with Crippen LogP contribution in [-0.4, -0.2) is 29.1 Å². The Morgan fingerprint density at radius 1 is 1.41 bits per heavy atom. The molecule has 0 bridgehead atoms. The average molecular weight is 231 g/mol. The van der Waals surface area contributed by atoms with Crippen molar-refractivity contribution in [1.29, 1.82) is 0 Å². The van der Waals surface area contributed by atoms with Crippen LogP contribution in [0.5, 0.6) is 0 Å². The zero-order valence-corrected chi connectivity index (χ0v) is 9.75. The highest BCUT2D eigenvalue weighted by Crippen LogP contribution is 2.19. The largest absolute Gasteiger partial charge is 0.478 e. The quantitative estimate of drug-likeness (QED) is 0.807. The summed E-state index contributed by atoms with van der Waals surface area (Å²) in [5, 5.41) is 8.57. The molecule has 0 amide bonds. The van der Waals surface area contributed by atoms with Crippen LogP contribution in [0.3, 0.4) is 0 Å².